The van der Waals surface area contributed by atoms with Crippen LogP contribution in [0.3, 0.4) is 0 Å². The predicted octanol–water partition coefficient (Wildman–Crippen LogP) is 0.996. The van der Waals surface area contributed by atoms with Crippen molar-refractivity contribution in [2.75, 3.05) is 20.0 Å². The van der Waals surface area contributed by atoms with Crippen molar-refractivity contribution in [3.05, 3.63) is 35.4 Å². The first kappa shape index (κ1) is 15.7. The fourth-order valence-electron chi connectivity index (χ4n) is 1.70. The van der Waals surface area contributed by atoms with Gasteiger partial charge in [0.2, 0.25) is 0 Å². The molecular formula is C13H19NO4S. The molecule has 0 fully saturated rings. The first-order chi connectivity index (χ1) is 8.81. The summed E-state index contributed by atoms with van der Waals surface area (Å²) in [5.74, 6) is -0.304. The summed E-state index contributed by atoms with van der Waals surface area (Å²) in [4.78, 5) is 11.9. The molecule has 0 aliphatic heterocycles. The lowest BCUT2D eigenvalue weighted by Crippen LogP contribution is -2.35. The van der Waals surface area contributed by atoms with E-state index in [1.165, 1.54) is 6.26 Å². The van der Waals surface area contributed by atoms with E-state index in [0.29, 0.717) is 17.7 Å². The molecule has 1 rings (SSSR count). The smallest absolute Gasteiger partial charge is 0.251 e. The van der Waals surface area contributed by atoms with Crippen molar-refractivity contribution in [1.29, 1.82) is 0 Å². The first-order valence-corrected chi connectivity index (χ1v) is 7.94. The molecule has 1 aromatic carbocycles. The molecule has 1 aromatic rings. The second-order valence-corrected chi connectivity index (χ2v) is 6.74. The van der Waals surface area contributed by atoms with Gasteiger partial charge < -0.3 is 10.1 Å². The fourth-order valence-corrected chi connectivity index (χ4v) is 2.49. The Morgan fingerprint density at radius 3 is 2.68 bits per heavy atom. The first-order valence-electron chi connectivity index (χ1n) is 5.88. The summed E-state index contributed by atoms with van der Waals surface area (Å²) < 4.78 is 27.4. The zero-order chi connectivity index (χ0) is 14.5. The lowest BCUT2D eigenvalue weighted by molar-refractivity contribution is 0.0905. The van der Waals surface area contributed by atoms with Crippen molar-refractivity contribution in [2.45, 2.75) is 18.7 Å². The third kappa shape index (κ3) is 5.85. The number of methoxy groups -OCH3 is 1. The van der Waals surface area contributed by atoms with Gasteiger partial charge in [-0.2, -0.15) is 0 Å². The van der Waals surface area contributed by atoms with Crippen LogP contribution in [0.15, 0.2) is 24.3 Å². The molecule has 1 amide bonds. The van der Waals surface area contributed by atoms with Crippen LogP contribution < -0.4 is 5.32 Å². The van der Waals surface area contributed by atoms with Gasteiger partial charge in [0.1, 0.15) is 0 Å². The van der Waals surface area contributed by atoms with Crippen molar-refractivity contribution in [1.82, 2.24) is 5.32 Å². The van der Waals surface area contributed by atoms with Crippen LogP contribution in [0.5, 0.6) is 0 Å². The van der Waals surface area contributed by atoms with E-state index in [-0.39, 0.29) is 17.7 Å². The molecule has 0 spiro atoms. The highest BCUT2D eigenvalue weighted by Gasteiger charge is 2.11. The molecule has 0 radical (unpaired) electrons. The molecule has 19 heavy (non-hydrogen) atoms. The molecule has 0 bridgehead atoms. The Hall–Kier alpha value is -1.40. The van der Waals surface area contributed by atoms with Gasteiger partial charge in [-0.05, 0) is 24.6 Å². The molecule has 0 aliphatic carbocycles. The summed E-state index contributed by atoms with van der Waals surface area (Å²) in [6, 6.07) is 6.51. The number of nitrogens with one attached hydrogen (secondary N) is 1. The van der Waals surface area contributed by atoms with Crippen LogP contribution >= 0.6 is 0 Å². The Kier molecular flexibility index (Phi) is 5.50. The SMILES string of the molecule is COC[C@H](C)NC(=O)c1cccc(CS(C)(=O)=O)c1. The molecule has 0 heterocycles. The van der Waals surface area contributed by atoms with Gasteiger partial charge in [-0.1, -0.05) is 12.1 Å². The van der Waals surface area contributed by atoms with Crippen molar-refractivity contribution >= 4 is 15.7 Å². The van der Waals surface area contributed by atoms with E-state index in [1.54, 1.807) is 31.4 Å². The molecule has 1 atom stereocenters. The van der Waals surface area contributed by atoms with Gasteiger partial charge in [0.05, 0.1) is 12.4 Å². The lowest BCUT2D eigenvalue weighted by atomic mass is 10.1. The van der Waals surface area contributed by atoms with E-state index in [9.17, 15) is 13.2 Å². The van der Waals surface area contributed by atoms with E-state index >= 15 is 0 Å². The third-order valence-corrected chi connectivity index (χ3v) is 3.27. The van der Waals surface area contributed by atoms with E-state index in [4.69, 9.17) is 4.74 Å². The summed E-state index contributed by atoms with van der Waals surface area (Å²) in [6.07, 6.45) is 1.17. The van der Waals surface area contributed by atoms with E-state index in [2.05, 4.69) is 5.32 Å². The zero-order valence-electron chi connectivity index (χ0n) is 11.3. The minimum absolute atomic E-state index is 0.0677. The average Bonchev–Trinajstić information content (AvgIpc) is 2.27. The largest absolute Gasteiger partial charge is 0.383 e. The molecule has 6 heteroatoms. The molecule has 0 unspecified atom stereocenters. The van der Waals surface area contributed by atoms with Crippen LogP contribution in [-0.2, 0) is 20.3 Å². The topological polar surface area (TPSA) is 72.5 Å². The maximum atomic E-state index is 11.9. The molecule has 0 aromatic heterocycles. The van der Waals surface area contributed by atoms with Crippen LogP contribution in [0.1, 0.15) is 22.8 Å². The quantitative estimate of drug-likeness (QED) is 0.846. The number of benzene rings is 1. The fraction of sp³-hybridized carbons (Fsp3) is 0.462. The Morgan fingerprint density at radius 1 is 1.42 bits per heavy atom. The number of hydrogen-bond acceptors (Lipinski definition) is 4. The summed E-state index contributed by atoms with van der Waals surface area (Å²) in [7, 11) is -1.54. The van der Waals surface area contributed by atoms with Gasteiger partial charge in [-0.3, -0.25) is 4.79 Å². The van der Waals surface area contributed by atoms with Crippen LogP contribution in [0.2, 0.25) is 0 Å². The van der Waals surface area contributed by atoms with Gasteiger partial charge in [-0.15, -0.1) is 0 Å². The van der Waals surface area contributed by atoms with Crippen LogP contribution in [-0.4, -0.2) is 40.3 Å². The summed E-state index contributed by atoms with van der Waals surface area (Å²) >= 11 is 0. The van der Waals surface area contributed by atoms with Crippen molar-refractivity contribution in [2.24, 2.45) is 0 Å². The monoisotopic (exact) mass is 285 g/mol. The second-order valence-electron chi connectivity index (χ2n) is 4.60. The number of ether oxygens (including phenoxy) is 1. The number of carbonyl (C=O) groups excluding carboxylic acids is 1. The minimum Gasteiger partial charge on any atom is -0.383 e. The van der Waals surface area contributed by atoms with Crippen molar-refractivity contribution in [3.63, 3.8) is 0 Å². The molecule has 0 saturated carbocycles. The molecular weight excluding hydrogens is 266 g/mol. The maximum absolute atomic E-state index is 11.9. The highest BCUT2D eigenvalue weighted by Crippen LogP contribution is 2.09. The van der Waals surface area contributed by atoms with Gasteiger partial charge in [0.15, 0.2) is 9.84 Å². The molecule has 0 saturated heterocycles. The Balaban J connectivity index is 2.78. The third-order valence-electron chi connectivity index (χ3n) is 2.41. The van der Waals surface area contributed by atoms with Crippen molar-refractivity contribution in [3.8, 4) is 0 Å². The van der Waals surface area contributed by atoms with Gasteiger partial charge >= 0.3 is 0 Å². The van der Waals surface area contributed by atoms with Gasteiger partial charge in [0.25, 0.3) is 5.91 Å². The Labute approximate surface area is 113 Å². The molecule has 106 valence electrons. The van der Waals surface area contributed by atoms with Crippen LogP contribution in [0, 0.1) is 0 Å². The van der Waals surface area contributed by atoms with E-state index < -0.39 is 9.84 Å². The number of hydrogen-bond donors (Lipinski definition) is 1. The van der Waals surface area contributed by atoms with E-state index in [0.717, 1.165) is 0 Å². The summed E-state index contributed by atoms with van der Waals surface area (Å²) in [5, 5.41) is 2.77. The van der Waals surface area contributed by atoms with E-state index in [1.807, 2.05) is 6.92 Å². The maximum Gasteiger partial charge on any atom is 0.251 e. The standard InChI is InChI=1S/C13H19NO4S/c1-10(8-18-2)14-13(15)12-6-4-5-11(7-12)9-19(3,16)17/h4-7,10H,8-9H2,1-3H3,(H,14,15)/t10-/m0/s1. The Bertz CT molecular complexity index is 539. The minimum atomic E-state index is -3.10. The summed E-state index contributed by atoms with van der Waals surface area (Å²) in [5.41, 5.74) is 1.05. The zero-order valence-corrected chi connectivity index (χ0v) is 12.2. The number of rotatable bonds is 6. The summed E-state index contributed by atoms with van der Waals surface area (Å²) in [6.45, 7) is 2.26. The molecule has 5 nitrogen and oxygen atoms in total. The van der Waals surface area contributed by atoms with Crippen LogP contribution in [0.25, 0.3) is 0 Å². The number of carbonyl (C=O) groups is 1. The highest BCUT2D eigenvalue weighted by atomic mass is 32.2. The second kappa shape index (κ2) is 6.68. The van der Waals surface area contributed by atoms with Crippen LogP contribution in [0.4, 0.5) is 0 Å². The Morgan fingerprint density at radius 2 is 2.11 bits per heavy atom. The number of sulfone groups is 1. The normalized spacial score (nSPS) is 13.0. The van der Waals surface area contributed by atoms with Crippen molar-refractivity contribution < 1.29 is 17.9 Å². The van der Waals surface area contributed by atoms with Gasteiger partial charge in [-0.25, -0.2) is 8.42 Å². The van der Waals surface area contributed by atoms with Gasteiger partial charge in [0, 0.05) is 25.0 Å². The predicted molar refractivity (Wildman–Crippen MR) is 73.8 cm³/mol. The number of amides is 1. The molecule has 0 aliphatic rings. The molecule has 1 N–H and O–H groups in total. The average molecular weight is 285 g/mol. The lowest BCUT2D eigenvalue weighted by Gasteiger charge is -2.13. The highest BCUT2D eigenvalue weighted by molar-refractivity contribution is 7.89.